The minimum atomic E-state index is -0.0628. The molecule has 154 valence electrons. The van der Waals surface area contributed by atoms with E-state index >= 15 is 0 Å². The third-order valence-electron chi connectivity index (χ3n) is 5.67. The molecule has 30 heavy (non-hydrogen) atoms. The summed E-state index contributed by atoms with van der Waals surface area (Å²) in [5, 5.41) is 5.02. The van der Waals surface area contributed by atoms with Crippen molar-refractivity contribution in [2.24, 2.45) is 5.92 Å². The SMILES string of the molecule is Cc1ccsc1C(=O)N1CCC[C@H](CNC(=O)c2ccc(-c3ccccc3)cc2)C1. The van der Waals surface area contributed by atoms with Gasteiger partial charge in [-0.05, 0) is 66.0 Å². The lowest BCUT2D eigenvalue weighted by molar-refractivity contribution is 0.0675. The Hall–Kier alpha value is -2.92. The van der Waals surface area contributed by atoms with Crippen LogP contribution in [0.4, 0.5) is 0 Å². The normalized spacial score (nSPS) is 16.3. The molecule has 0 aliphatic carbocycles. The van der Waals surface area contributed by atoms with Crippen molar-refractivity contribution in [1.82, 2.24) is 10.2 Å². The Labute approximate surface area is 181 Å². The maximum absolute atomic E-state index is 12.8. The molecule has 2 aromatic carbocycles. The number of carbonyl (C=O) groups excluding carboxylic acids is 2. The molecular weight excluding hydrogens is 392 g/mol. The van der Waals surface area contributed by atoms with Crippen LogP contribution in [0.2, 0.25) is 0 Å². The van der Waals surface area contributed by atoms with Gasteiger partial charge in [-0.1, -0.05) is 42.5 Å². The van der Waals surface area contributed by atoms with E-state index in [1.165, 1.54) is 11.3 Å². The number of aryl methyl sites for hydroxylation is 1. The molecule has 4 nitrogen and oxygen atoms in total. The quantitative estimate of drug-likeness (QED) is 0.633. The Morgan fingerprint density at radius 3 is 2.47 bits per heavy atom. The average Bonchev–Trinajstić information content (AvgIpc) is 3.23. The van der Waals surface area contributed by atoms with E-state index in [2.05, 4.69) is 17.4 Å². The number of rotatable bonds is 5. The summed E-state index contributed by atoms with van der Waals surface area (Å²) >= 11 is 1.51. The van der Waals surface area contributed by atoms with Crippen LogP contribution in [0.25, 0.3) is 11.1 Å². The van der Waals surface area contributed by atoms with Crippen LogP contribution in [0.5, 0.6) is 0 Å². The number of carbonyl (C=O) groups is 2. The Balaban J connectivity index is 1.32. The molecule has 0 saturated carbocycles. The Morgan fingerprint density at radius 1 is 1.03 bits per heavy atom. The first kappa shape index (κ1) is 20.4. The van der Waals surface area contributed by atoms with Gasteiger partial charge < -0.3 is 10.2 Å². The summed E-state index contributed by atoms with van der Waals surface area (Å²) < 4.78 is 0. The van der Waals surface area contributed by atoms with Gasteiger partial charge >= 0.3 is 0 Å². The number of benzene rings is 2. The minimum absolute atomic E-state index is 0.0628. The molecule has 3 aromatic rings. The molecule has 0 spiro atoms. The minimum Gasteiger partial charge on any atom is -0.352 e. The molecule has 1 atom stereocenters. The number of piperidine rings is 1. The van der Waals surface area contributed by atoms with Crippen LogP contribution in [0, 0.1) is 12.8 Å². The summed E-state index contributed by atoms with van der Waals surface area (Å²) in [6, 6.07) is 19.8. The van der Waals surface area contributed by atoms with E-state index in [1.54, 1.807) is 0 Å². The van der Waals surface area contributed by atoms with Gasteiger partial charge in [-0.2, -0.15) is 0 Å². The summed E-state index contributed by atoms with van der Waals surface area (Å²) in [6.45, 7) is 4.06. The van der Waals surface area contributed by atoms with Crippen molar-refractivity contribution >= 4 is 23.2 Å². The van der Waals surface area contributed by atoms with Gasteiger partial charge in [0.1, 0.15) is 0 Å². The van der Waals surface area contributed by atoms with Gasteiger partial charge in [0.15, 0.2) is 0 Å². The molecule has 5 heteroatoms. The molecule has 0 bridgehead atoms. The first-order valence-corrected chi connectivity index (χ1v) is 11.3. The second kappa shape index (κ2) is 9.26. The van der Waals surface area contributed by atoms with Gasteiger partial charge in [0, 0.05) is 25.2 Å². The maximum Gasteiger partial charge on any atom is 0.264 e. The topological polar surface area (TPSA) is 49.4 Å². The maximum atomic E-state index is 12.8. The largest absolute Gasteiger partial charge is 0.352 e. The van der Waals surface area contributed by atoms with Crippen LogP contribution in [-0.2, 0) is 0 Å². The summed E-state index contributed by atoms with van der Waals surface area (Å²) in [5.41, 5.74) is 3.93. The highest BCUT2D eigenvalue weighted by Gasteiger charge is 2.26. The lowest BCUT2D eigenvalue weighted by Gasteiger charge is -2.32. The summed E-state index contributed by atoms with van der Waals surface area (Å²) in [7, 11) is 0. The fraction of sp³-hybridized carbons (Fsp3) is 0.280. The van der Waals surface area contributed by atoms with Gasteiger partial charge in [-0.25, -0.2) is 0 Å². The Kier molecular flexibility index (Phi) is 6.29. The van der Waals surface area contributed by atoms with E-state index in [-0.39, 0.29) is 17.7 Å². The molecule has 1 aromatic heterocycles. The highest BCUT2D eigenvalue weighted by atomic mass is 32.1. The van der Waals surface area contributed by atoms with Crippen LogP contribution in [-0.4, -0.2) is 36.3 Å². The standard InChI is InChI=1S/C25H26N2O2S/c1-18-13-15-30-23(18)25(29)27-14-5-6-19(17-27)16-26-24(28)22-11-9-21(10-12-22)20-7-3-2-4-8-20/h2-4,7-13,15,19H,5-6,14,16-17H2,1H3,(H,26,28)/t19-/m1/s1. The first-order valence-electron chi connectivity index (χ1n) is 10.4. The molecule has 0 radical (unpaired) electrons. The monoisotopic (exact) mass is 418 g/mol. The molecule has 2 amide bonds. The van der Waals surface area contributed by atoms with Crippen molar-refractivity contribution in [2.75, 3.05) is 19.6 Å². The lowest BCUT2D eigenvalue weighted by Crippen LogP contribution is -2.43. The highest BCUT2D eigenvalue weighted by Crippen LogP contribution is 2.23. The van der Waals surface area contributed by atoms with Crippen molar-refractivity contribution in [1.29, 1.82) is 0 Å². The van der Waals surface area contributed by atoms with Gasteiger partial charge in [0.25, 0.3) is 11.8 Å². The molecule has 0 unspecified atom stereocenters. The third kappa shape index (κ3) is 4.62. The highest BCUT2D eigenvalue weighted by molar-refractivity contribution is 7.12. The molecular formula is C25H26N2O2S. The predicted octanol–water partition coefficient (Wildman–Crippen LogP) is 5.01. The van der Waals surface area contributed by atoms with E-state index in [9.17, 15) is 9.59 Å². The Bertz CT molecular complexity index is 1010. The van der Waals surface area contributed by atoms with Crippen LogP contribution >= 0.6 is 11.3 Å². The summed E-state index contributed by atoms with van der Waals surface area (Å²) in [6.07, 6.45) is 2.00. The lowest BCUT2D eigenvalue weighted by atomic mass is 9.97. The van der Waals surface area contributed by atoms with Crippen LogP contribution in [0.1, 0.15) is 38.4 Å². The van der Waals surface area contributed by atoms with Crippen molar-refractivity contribution < 1.29 is 9.59 Å². The average molecular weight is 419 g/mol. The van der Waals surface area contributed by atoms with Crippen LogP contribution in [0.3, 0.4) is 0 Å². The molecule has 2 heterocycles. The second-order valence-electron chi connectivity index (χ2n) is 7.85. The van der Waals surface area contributed by atoms with Crippen molar-refractivity contribution in [3.05, 3.63) is 82.0 Å². The number of nitrogens with one attached hydrogen (secondary N) is 1. The number of hydrogen-bond acceptors (Lipinski definition) is 3. The molecule has 1 aliphatic rings. The van der Waals surface area contributed by atoms with Crippen molar-refractivity contribution in [3.8, 4) is 11.1 Å². The zero-order chi connectivity index (χ0) is 20.9. The van der Waals surface area contributed by atoms with Crippen molar-refractivity contribution in [2.45, 2.75) is 19.8 Å². The number of thiophene rings is 1. The fourth-order valence-corrected chi connectivity index (χ4v) is 4.83. The molecule has 1 N–H and O–H groups in total. The number of hydrogen-bond donors (Lipinski definition) is 1. The fourth-order valence-electron chi connectivity index (χ4n) is 3.94. The van der Waals surface area contributed by atoms with Gasteiger partial charge in [0.05, 0.1) is 4.88 Å². The zero-order valence-corrected chi connectivity index (χ0v) is 18.0. The predicted molar refractivity (Wildman–Crippen MR) is 122 cm³/mol. The molecule has 1 aliphatic heterocycles. The van der Waals surface area contributed by atoms with E-state index in [4.69, 9.17) is 0 Å². The van der Waals surface area contributed by atoms with Gasteiger partial charge in [-0.15, -0.1) is 11.3 Å². The summed E-state index contributed by atoms with van der Waals surface area (Å²) in [4.78, 5) is 28.1. The smallest absolute Gasteiger partial charge is 0.264 e. The molecule has 1 saturated heterocycles. The van der Waals surface area contributed by atoms with Crippen LogP contribution in [0.15, 0.2) is 66.0 Å². The van der Waals surface area contributed by atoms with Crippen molar-refractivity contribution in [3.63, 3.8) is 0 Å². The first-order chi connectivity index (χ1) is 14.6. The van der Waals surface area contributed by atoms with E-state index in [0.717, 1.165) is 41.0 Å². The molecule has 4 rings (SSSR count). The third-order valence-corrected chi connectivity index (χ3v) is 6.67. The number of nitrogens with zero attached hydrogens (tertiary/aromatic N) is 1. The zero-order valence-electron chi connectivity index (χ0n) is 17.1. The molecule has 1 fully saturated rings. The number of amides is 2. The number of likely N-dealkylation sites (tertiary alicyclic amines) is 1. The van der Waals surface area contributed by atoms with Crippen LogP contribution < -0.4 is 5.32 Å². The van der Waals surface area contributed by atoms with E-state index in [0.29, 0.717) is 18.7 Å². The van der Waals surface area contributed by atoms with E-state index < -0.39 is 0 Å². The van der Waals surface area contributed by atoms with Gasteiger partial charge in [0.2, 0.25) is 0 Å². The second-order valence-corrected chi connectivity index (χ2v) is 8.76. The Morgan fingerprint density at radius 2 is 1.77 bits per heavy atom. The summed E-state index contributed by atoms with van der Waals surface area (Å²) in [5.74, 6) is 0.345. The van der Waals surface area contributed by atoms with Gasteiger partial charge in [-0.3, -0.25) is 9.59 Å². The van der Waals surface area contributed by atoms with E-state index in [1.807, 2.05) is 65.7 Å².